The zero-order chi connectivity index (χ0) is 15.9. The number of rotatable bonds is 2. The Morgan fingerprint density at radius 3 is 2.70 bits per heavy atom. The van der Waals surface area contributed by atoms with E-state index in [9.17, 15) is 4.79 Å². The molecule has 1 spiro atoms. The Morgan fingerprint density at radius 2 is 2.00 bits per heavy atom. The summed E-state index contributed by atoms with van der Waals surface area (Å²) in [6.07, 6.45) is 3.02. The molecular formula is C15H18N4O4. The van der Waals surface area contributed by atoms with Crippen molar-refractivity contribution < 1.29 is 19.0 Å². The molecule has 122 valence electrons. The van der Waals surface area contributed by atoms with Gasteiger partial charge in [-0.25, -0.2) is 9.50 Å². The highest BCUT2D eigenvalue weighted by Crippen LogP contribution is 2.31. The van der Waals surface area contributed by atoms with Crippen molar-refractivity contribution in [2.45, 2.75) is 18.6 Å². The van der Waals surface area contributed by atoms with Crippen LogP contribution in [0.25, 0.3) is 5.65 Å². The smallest absolute Gasteiger partial charge is 0.274 e. The number of carbonyl (C=O) groups is 1. The van der Waals surface area contributed by atoms with Crippen molar-refractivity contribution in [2.24, 2.45) is 0 Å². The summed E-state index contributed by atoms with van der Waals surface area (Å²) in [5.74, 6) is -0.100. The predicted molar refractivity (Wildman–Crippen MR) is 79.3 cm³/mol. The van der Waals surface area contributed by atoms with Gasteiger partial charge in [-0.3, -0.25) is 4.79 Å². The molecule has 2 saturated heterocycles. The molecule has 0 N–H and O–H groups in total. The van der Waals surface area contributed by atoms with Gasteiger partial charge >= 0.3 is 0 Å². The van der Waals surface area contributed by atoms with Crippen molar-refractivity contribution in [1.82, 2.24) is 19.5 Å². The van der Waals surface area contributed by atoms with Crippen molar-refractivity contribution in [1.29, 1.82) is 0 Å². The maximum Gasteiger partial charge on any atom is 0.274 e. The summed E-state index contributed by atoms with van der Waals surface area (Å²) >= 11 is 0. The number of imidazole rings is 1. The van der Waals surface area contributed by atoms with Crippen LogP contribution in [0.5, 0.6) is 5.88 Å². The molecule has 2 aliphatic heterocycles. The Balaban J connectivity index is 1.50. The average molecular weight is 318 g/mol. The average Bonchev–Trinajstić information content (AvgIpc) is 3.21. The van der Waals surface area contributed by atoms with Gasteiger partial charge in [-0.05, 0) is 6.07 Å². The summed E-state index contributed by atoms with van der Waals surface area (Å²) in [6, 6.07) is 3.49. The fourth-order valence-corrected chi connectivity index (χ4v) is 3.07. The van der Waals surface area contributed by atoms with Crippen LogP contribution in [0.3, 0.4) is 0 Å². The standard InChI is InChI=1S/C15H18N4O4/c1-21-13-3-2-12-16-11(10-19(12)17-13)14(20)18-6-4-15(5-7-18)22-8-9-23-15/h2-3,10H,4-9H2,1H3. The maximum atomic E-state index is 12.6. The monoisotopic (exact) mass is 318 g/mol. The third kappa shape index (κ3) is 2.53. The molecule has 2 aromatic rings. The third-order valence-corrected chi connectivity index (χ3v) is 4.35. The fourth-order valence-electron chi connectivity index (χ4n) is 3.07. The van der Waals surface area contributed by atoms with Crippen LogP contribution in [0.15, 0.2) is 18.3 Å². The van der Waals surface area contributed by atoms with Gasteiger partial charge in [0.15, 0.2) is 11.4 Å². The van der Waals surface area contributed by atoms with Gasteiger partial charge in [0.05, 0.1) is 26.5 Å². The van der Waals surface area contributed by atoms with Crippen LogP contribution in [-0.4, -0.2) is 64.6 Å². The van der Waals surface area contributed by atoms with Crippen LogP contribution < -0.4 is 4.74 Å². The van der Waals surface area contributed by atoms with Crippen molar-refractivity contribution >= 4 is 11.6 Å². The van der Waals surface area contributed by atoms with E-state index in [0.717, 1.165) is 0 Å². The number of hydrogen-bond donors (Lipinski definition) is 0. The van der Waals surface area contributed by atoms with Crippen LogP contribution in [0.1, 0.15) is 23.3 Å². The van der Waals surface area contributed by atoms with Crippen molar-refractivity contribution in [3.05, 3.63) is 24.0 Å². The first-order valence-corrected chi connectivity index (χ1v) is 7.67. The number of fused-ring (bicyclic) bond motifs is 1. The molecule has 23 heavy (non-hydrogen) atoms. The van der Waals surface area contributed by atoms with Gasteiger partial charge in [-0.1, -0.05) is 0 Å². The van der Waals surface area contributed by atoms with Gasteiger partial charge in [-0.15, -0.1) is 5.10 Å². The summed E-state index contributed by atoms with van der Waals surface area (Å²) < 4.78 is 18.0. The number of nitrogens with zero attached hydrogens (tertiary/aromatic N) is 4. The van der Waals surface area contributed by atoms with Crippen LogP contribution in [0.2, 0.25) is 0 Å². The van der Waals surface area contributed by atoms with E-state index in [2.05, 4.69) is 10.1 Å². The molecule has 0 saturated carbocycles. The number of piperidine rings is 1. The molecule has 0 unspecified atom stereocenters. The highest BCUT2D eigenvalue weighted by atomic mass is 16.7. The summed E-state index contributed by atoms with van der Waals surface area (Å²) in [4.78, 5) is 18.8. The lowest BCUT2D eigenvalue weighted by atomic mass is 10.0. The molecular weight excluding hydrogens is 300 g/mol. The van der Waals surface area contributed by atoms with Crippen LogP contribution >= 0.6 is 0 Å². The highest BCUT2D eigenvalue weighted by Gasteiger charge is 2.41. The number of aromatic nitrogens is 3. The lowest BCUT2D eigenvalue weighted by molar-refractivity contribution is -0.181. The van der Waals surface area contributed by atoms with Crippen LogP contribution in [-0.2, 0) is 9.47 Å². The molecule has 8 nitrogen and oxygen atoms in total. The molecule has 8 heteroatoms. The minimum absolute atomic E-state index is 0.0951. The van der Waals surface area contributed by atoms with E-state index < -0.39 is 5.79 Å². The summed E-state index contributed by atoms with van der Waals surface area (Å²) in [6.45, 7) is 2.47. The van der Waals surface area contributed by atoms with Gasteiger partial charge in [-0.2, -0.15) is 0 Å². The molecule has 2 fully saturated rings. The molecule has 4 rings (SSSR count). The molecule has 0 atom stereocenters. The number of methoxy groups -OCH3 is 1. The largest absolute Gasteiger partial charge is 0.480 e. The Morgan fingerprint density at radius 1 is 1.26 bits per heavy atom. The van der Waals surface area contributed by atoms with E-state index >= 15 is 0 Å². The Hall–Kier alpha value is -2.19. The Bertz CT molecular complexity index is 728. The highest BCUT2D eigenvalue weighted by molar-refractivity contribution is 5.93. The van der Waals surface area contributed by atoms with Gasteiger partial charge in [0, 0.05) is 32.0 Å². The summed E-state index contributed by atoms with van der Waals surface area (Å²) in [7, 11) is 1.55. The lowest BCUT2D eigenvalue weighted by Crippen LogP contribution is -2.47. The summed E-state index contributed by atoms with van der Waals surface area (Å²) in [5, 5.41) is 4.22. The van der Waals surface area contributed by atoms with E-state index in [4.69, 9.17) is 14.2 Å². The number of hydrogen-bond acceptors (Lipinski definition) is 6. The Labute approximate surface area is 132 Å². The van der Waals surface area contributed by atoms with E-state index in [1.807, 2.05) is 0 Å². The third-order valence-electron chi connectivity index (χ3n) is 4.35. The molecule has 0 radical (unpaired) electrons. The molecule has 2 aromatic heterocycles. The van der Waals surface area contributed by atoms with Gasteiger partial charge in [0.2, 0.25) is 5.88 Å². The minimum Gasteiger partial charge on any atom is -0.480 e. The molecule has 4 heterocycles. The SMILES string of the molecule is COc1ccc2nc(C(=O)N3CCC4(CC3)OCCO4)cn2n1. The fraction of sp³-hybridized carbons (Fsp3) is 0.533. The van der Waals surface area contributed by atoms with Gasteiger partial charge < -0.3 is 19.1 Å². The second kappa shape index (κ2) is 5.47. The van der Waals surface area contributed by atoms with E-state index in [0.29, 0.717) is 56.4 Å². The van der Waals surface area contributed by atoms with Gasteiger partial charge in [0.1, 0.15) is 5.69 Å². The predicted octanol–water partition coefficient (Wildman–Crippen LogP) is 0.717. The second-order valence-electron chi connectivity index (χ2n) is 5.70. The van der Waals surface area contributed by atoms with Crippen molar-refractivity contribution in [3.8, 4) is 5.88 Å². The zero-order valence-electron chi connectivity index (χ0n) is 12.9. The first-order chi connectivity index (χ1) is 11.2. The van der Waals surface area contributed by atoms with Crippen molar-refractivity contribution in [3.63, 3.8) is 0 Å². The first-order valence-electron chi connectivity index (χ1n) is 7.67. The molecule has 2 aliphatic rings. The molecule has 0 aromatic carbocycles. The van der Waals surface area contributed by atoms with E-state index in [1.165, 1.54) is 0 Å². The minimum atomic E-state index is -0.482. The number of ether oxygens (including phenoxy) is 3. The second-order valence-corrected chi connectivity index (χ2v) is 5.70. The Kier molecular flexibility index (Phi) is 3.42. The topological polar surface area (TPSA) is 78.2 Å². The number of carbonyl (C=O) groups excluding carboxylic acids is 1. The normalized spacial score (nSPS) is 20.3. The van der Waals surface area contributed by atoms with E-state index in [1.54, 1.807) is 34.9 Å². The molecule has 0 bridgehead atoms. The van der Waals surface area contributed by atoms with Crippen molar-refractivity contribution in [2.75, 3.05) is 33.4 Å². The lowest BCUT2D eigenvalue weighted by Gasteiger charge is -2.37. The van der Waals surface area contributed by atoms with Gasteiger partial charge in [0.25, 0.3) is 5.91 Å². The van der Waals surface area contributed by atoms with E-state index in [-0.39, 0.29) is 5.91 Å². The first kappa shape index (κ1) is 14.4. The summed E-state index contributed by atoms with van der Waals surface area (Å²) in [5.41, 5.74) is 1.00. The maximum absolute atomic E-state index is 12.6. The number of likely N-dealkylation sites (tertiary alicyclic amines) is 1. The zero-order valence-corrected chi connectivity index (χ0v) is 12.9. The molecule has 0 aliphatic carbocycles. The quantitative estimate of drug-likeness (QED) is 0.812. The number of amides is 1. The molecule has 1 amide bonds. The van der Waals surface area contributed by atoms with Crippen LogP contribution in [0, 0.1) is 0 Å². The van der Waals surface area contributed by atoms with Crippen LogP contribution in [0.4, 0.5) is 0 Å².